The van der Waals surface area contributed by atoms with Crippen LogP contribution in [0.2, 0.25) is 0 Å². The molecule has 1 aromatic carbocycles. The van der Waals surface area contributed by atoms with Gasteiger partial charge < -0.3 is 5.32 Å². The molecule has 3 rings (SSSR count). The lowest BCUT2D eigenvalue weighted by molar-refractivity contribution is 0.542. The standard InChI is InChI=1S/C15H21NO2S/c17-19(18)10-7-12(8-11-19)13-4-1-2-5-14(13)15-6-3-9-16-15/h1-2,4-5,12,15-16H,3,6-11H2/t15-/m1/s1. The average Bonchev–Trinajstić information content (AvgIpc) is 2.93. The molecule has 0 bridgehead atoms. The number of benzene rings is 1. The van der Waals surface area contributed by atoms with Crippen molar-refractivity contribution >= 4 is 9.84 Å². The maximum atomic E-state index is 11.6. The number of sulfone groups is 1. The van der Waals surface area contributed by atoms with Gasteiger partial charge in [-0.15, -0.1) is 0 Å². The molecule has 0 spiro atoms. The Labute approximate surface area is 115 Å². The van der Waals surface area contributed by atoms with Gasteiger partial charge in [0.05, 0.1) is 11.5 Å². The molecule has 0 amide bonds. The van der Waals surface area contributed by atoms with Crippen LogP contribution < -0.4 is 5.32 Å². The predicted molar refractivity (Wildman–Crippen MR) is 77.0 cm³/mol. The second kappa shape index (κ2) is 5.25. The van der Waals surface area contributed by atoms with Crippen LogP contribution >= 0.6 is 0 Å². The molecule has 0 saturated carbocycles. The Morgan fingerprint density at radius 2 is 1.68 bits per heavy atom. The van der Waals surface area contributed by atoms with Crippen LogP contribution in [0.5, 0.6) is 0 Å². The fourth-order valence-corrected chi connectivity index (χ4v) is 4.84. The van der Waals surface area contributed by atoms with E-state index in [1.54, 1.807) is 0 Å². The number of hydrogen-bond donors (Lipinski definition) is 1. The third-order valence-electron chi connectivity index (χ3n) is 4.43. The summed E-state index contributed by atoms with van der Waals surface area (Å²) >= 11 is 0. The second-order valence-corrected chi connectivity index (χ2v) is 8.01. The summed E-state index contributed by atoms with van der Waals surface area (Å²) in [4.78, 5) is 0. The first kappa shape index (κ1) is 13.1. The Balaban J connectivity index is 1.84. The van der Waals surface area contributed by atoms with Crippen LogP contribution in [0.3, 0.4) is 0 Å². The molecule has 0 unspecified atom stereocenters. The molecule has 104 valence electrons. The maximum absolute atomic E-state index is 11.6. The van der Waals surface area contributed by atoms with Crippen LogP contribution in [-0.4, -0.2) is 26.5 Å². The highest BCUT2D eigenvalue weighted by molar-refractivity contribution is 7.91. The van der Waals surface area contributed by atoms with E-state index >= 15 is 0 Å². The lowest BCUT2D eigenvalue weighted by Gasteiger charge is -2.26. The fourth-order valence-electron chi connectivity index (χ4n) is 3.35. The van der Waals surface area contributed by atoms with Gasteiger partial charge in [0.2, 0.25) is 0 Å². The van der Waals surface area contributed by atoms with Gasteiger partial charge in [0.25, 0.3) is 0 Å². The lowest BCUT2D eigenvalue weighted by atomic mass is 9.87. The largest absolute Gasteiger partial charge is 0.310 e. The highest BCUT2D eigenvalue weighted by Crippen LogP contribution is 2.35. The molecule has 3 nitrogen and oxygen atoms in total. The van der Waals surface area contributed by atoms with E-state index in [4.69, 9.17) is 0 Å². The molecule has 2 saturated heterocycles. The minimum atomic E-state index is -2.77. The molecule has 19 heavy (non-hydrogen) atoms. The van der Waals surface area contributed by atoms with Gasteiger partial charge in [-0.3, -0.25) is 0 Å². The van der Waals surface area contributed by atoms with Crippen molar-refractivity contribution in [3.8, 4) is 0 Å². The molecule has 4 heteroatoms. The normalized spacial score (nSPS) is 27.5. The number of rotatable bonds is 2. The van der Waals surface area contributed by atoms with Crippen LogP contribution in [0.25, 0.3) is 0 Å². The second-order valence-electron chi connectivity index (χ2n) is 5.70. The van der Waals surface area contributed by atoms with Crippen molar-refractivity contribution in [3.05, 3.63) is 35.4 Å². The summed E-state index contributed by atoms with van der Waals surface area (Å²) in [6, 6.07) is 9.05. The van der Waals surface area contributed by atoms with Crippen molar-refractivity contribution in [1.82, 2.24) is 5.32 Å². The van der Waals surface area contributed by atoms with Gasteiger partial charge in [-0.1, -0.05) is 24.3 Å². The summed E-state index contributed by atoms with van der Waals surface area (Å²) < 4.78 is 23.1. The van der Waals surface area contributed by atoms with E-state index in [-0.39, 0.29) is 0 Å². The monoisotopic (exact) mass is 279 g/mol. The Morgan fingerprint density at radius 1 is 1.00 bits per heavy atom. The fraction of sp³-hybridized carbons (Fsp3) is 0.600. The van der Waals surface area contributed by atoms with Crippen molar-refractivity contribution in [2.24, 2.45) is 0 Å². The third-order valence-corrected chi connectivity index (χ3v) is 6.14. The Hall–Kier alpha value is -0.870. The van der Waals surface area contributed by atoms with Crippen molar-refractivity contribution in [1.29, 1.82) is 0 Å². The Kier molecular flexibility index (Phi) is 3.63. The van der Waals surface area contributed by atoms with Gasteiger partial charge in [-0.25, -0.2) is 8.42 Å². The first-order valence-corrected chi connectivity index (χ1v) is 9.00. The van der Waals surface area contributed by atoms with Crippen LogP contribution in [-0.2, 0) is 9.84 Å². The van der Waals surface area contributed by atoms with Crippen LogP contribution in [0.15, 0.2) is 24.3 Å². The highest BCUT2D eigenvalue weighted by Gasteiger charge is 2.28. The zero-order chi connectivity index (χ0) is 13.3. The van der Waals surface area contributed by atoms with E-state index in [1.165, 1.54) is 24.0 Å². The van der Waals surface area contributed by atoms with Gasteiger partial charge in [0, 0.05) is 6.04 Å². The van der Waals surface area contributed by atoms with E-state index in [9.17, 15) is 8.42 Å². The molecule has 2 aliphatic rings. The Morgan fingerprint density at radius 3 is 2.32 bits per heavy atom. The number of nitrogens with one attached hydrogen (secondary N) is 1. The van der Waals surface area contributed by atoms with Gasteiger partial charge in [-0.05, 0) is 49.3 Å². The zero-order valence-electron chi connectivity index (χ0n) is 11.1. The van der Waals surface area contributed by atoms with Crippen LogP contribution in [0.4, 0.5) is 0 Å². The number of hydrogen-bond acceptors (Lipinski definition) is 3. The molecule has 1 aromatic rings. The zero-order valence-corrected chi connectivity index (χ0v) is 12.0. The first-order valence-electron chi connectivity index (χ1n) is 7.18. The molecule has 1 atom stereocenters. The summed E-state index contributed by atoms with van der Waals surface area (Å²) in [5, 5.41) is 3.55. The SMILES string of the molecule is O=S1(=O)CCC(c2ccccc2[C@H]2CCCN2)CC1. The molecule has 1 N–H and O–H groups in total. The molecular formula is C15H21NO2S. The van der Waals surface area contributed by atoms with Crippen LogP contribution in [0.1, 0.15) is 48.8 Å². The van der Waals surface area contributed by atoms with Crippen molar-refractivity contribution in [2.45, 2.75) is 37.6 Å². The summed E-state index contributed by atoms with van der Waals surface area (Å²) in [5.74, 6) is 1.12. The summed E-state index contributed by atoms with van der Waals surface area (Å²) in [7, 11) is -2.77. The maximum Gasteiger partial charge on any atom is 0.150 e. The van der Waals surface area contributed by atoms with E-state index in [0.717, 1.165) is 19.4 Å². The van der Waals surface area contributed by atoms with Crippen molar-refractivity contribution in [3.63, 3.8) is 0 Å². The van der Waals surface area contributed by atoms with Crippen molar-refractivity contribution in [2.75, 3.05) is 18.1 Å². The summed E-state index contributed by atoms with van der Waals surface area (Å²) in [5.41, 5.74) is 2.76. The van der Waals surface area contributed by atoms with E-state index in [0.29, 0.717) is 23.5 Å². The minimum absolute atomic E-state index is 0.351. The molecule has 2 fully saturated rings. The molecule has 2 aliphatic heterocycles. The summed E-state index contributed by atoms with van der Waals surface area (Å²) in [6.07, 6.45) is 4.00. The molecule has 0 aromatic heterocycles. The molecular weight excluding hydrogens is 258 g/mol. The van der Waals surface area contributed by atoms with E-state index < -0.39 is 9.84 Å². The van der Waals surface area contributed by atoms with Crippen molar-refractivity contribution < 1.29 is 8.42 Å². The Bertz CT molecular complexity index is 533. The first-order chi connectivity index (χ1) is 9.16. The quantitative estimate of drug-likeness (QED) is 0.904. The molecule has 0 aliphatic carbocycles. The van der Waals surface area contributed by atoms with Gasteiger partial charge in [-0.2, -0.15) is 0 Å². The van der Waals surface area contributed by atoms with Crippen LogP contribution in [0, 0.1) is 0 Å². The summed E-state index contributed by atoms with van der Waals surface area (Å²) in [6.45, 7) is 1.10. The minimum Gasteiger partial charge on any atom is -0.310 e. The predicted octanol–water partition coefficient (Wildman–Crippen LogP) is 2.40. The average molecular weight is 279 g/mol. The highest BCUT2D eigenvalue weighted by atomic mass is 32.2. The molecule has 0 radical (unpaired) electrons. The van der Waals surface area contributed by atoms with Gasteiger partial charge in [0.15, 0.2) is 0 Å². The van der Waals surface area contributed by atoms with Gasteiger partial charge >= 0.3 is 0 Å². The topological polar surface area (TPSA) is 46.2 Å². The van der Waals surface area contributed by atoms with Gasteiger partial charge in [0.1, 0.15) is 9.84 Å². The van der Waals surface area contributed by atoms with E-state index in [1.807, 2.05) is 0 Å². The van der Waals surface area contributed by atoms with E-state index in [2.05, 4.69) is 29.6 Å². The third kappa shape index (κ3) is 2.84. The lowest BCUT2D eigenvalue weighted by Crippen LogP contribution is -2.24. The smallest absolute Gasteiger partial charge is 0.150 e. The molecule has 2 heterocycles.